The molecule has 2 fully saturated rings. The van der Waals surface area contributed by atoms with Crippen LogP contribution in [0.1, 0.15) is 82.9 Å². The number of nitrogens with zero attached hydrogens (tertiary/aromatic N) is 2. The van der Waals surface area contributed by atoms with Crippen LogP contribution in [0.25, 0.3) is 11.1 Å². The Morgan fingerprint density at radius 3 is 2.28 bits per heavy atom. The summed E-state index contributed by atoms with van der Waals surface area (Å²) in [7, 11) is 1.26. The van der Waals surface area contributed by atoms with Gasteiger partial charge in [0, 0.05) is 32.6 Å². The first-order valence-electron chi connectivity index (χ1n) is 20.0. The van der Waals surface area contributed by atoms with Crippen molar-refractivity contribution in [3.05, 3.63) is 83.7 Å². The molecule has 5 rings (SSSR count). The number of hydrogen-bond acceptors (Lipinski definition) is 9. The van der Waals surface area contributed by atoms with Crippen LogP contribution in [0.5, 0.6) is 5.75 Å². The standard InChI is InChI=1S/C44H56FN3O9S/c1-30-8-15-38(16-9-30)58(53)56-24-23-55-37-13-11-32(12-14-37)34-25-35(27-36(45)26-34)39(28-41(50)54-5)46-42(51)33-7-6-20-48(29-33)40(49)17-10-31-18-21-47(22-19-31)43(52)57-44(2,3)4/h8-9,11-16,25-27,31,33,39H,6-7,10,17-24,28-29H2,1-5H3,(H,46,51). The van der Waals surface area contributed by atoms with Crippen molar-refractivity contribution in [2.24, 2.45) is 11.8 Å². The molecule has 14 heteroatoms. The van der Waals surface area contributed by atoms with Crippen LogP contribution in [-0.4, -0.2) is 90.0 Å². The molecule has 0 saturated carbocycles. The van der Waals surface area contributed by atoms with Crippen molar-refractivity contribution in [1.29, 1.82) is 0 Å². The van der Waals surface area contributed by atoms with E-state index in [4.69, 9.17) is 18.4 Å². The van der Waals surface area contributed by atoms with Gasteiger partial charge in [0.05, 0.1) is 37.0 Å². The Morgan fingerprint density at radius 1 is 0.897 bits per heavy atom. The number of piperidine rings is 2. The number of amides is 3. The molecular formula is C44H56FN3O9S. The minimum Gasteiger partial charge on any atom is -0.491 e. The Kier molecular flexibility index (Phi) is 15.8. The van der Waals surface area contributed by atoms with E-state index in [1.165, 1.54) is 19.2 Å². The number of halogens is 1. The molecule has 3 unspecified atom stereocenters. The molecule has 3 atom stereocenters. The van der Waals surface area contributed by atoms with Crippen molar-refractivity contribution in [2.75, 3.05) is 46.5 Å². The number of aryl methyl sites for hydroxylation is 1. The van der Waals surface area contributed by atoms with Crippen molar-refractivity contribution in [2.45, 2.75) is 89.2 Å². The van der Waals surface area contributed by atoms with Crippen LogP contribution in [0.15, 0.2) is 71.6 Å². The molecule has 2 saturated heterocycles. The van der Waals surface area contributed by atoms with Gasteiger partial charge in [-0.25, -0.2) is 13.4 Å². The maximum Gasteiger partial charge on any atom is 0.410 e. The van der Waals surface area contributed by atoms with E-state index < -0.39 is 40.4 Å². The highest BCUT2D eigenvalue weighted by Crippen LogP contribution is 2.30. The van der Waals surface area contributed by atoms with Crippen LogP contribution in [0.2, 0.25) is 0 Å². The number of methoxy groups -OCH3 is 1. The number of benzene rings is 3. The van der Waals surface area contributed by atoms with Crippen molar-refractivity contribution in [3.8, 4) is 16.9 Å². The fourth-order valence-electron chi connectivity index (χ4n) is 7.14. The summed E-state index contributed by atoms with van der Waals surface area (Å²) in [5, 5.41) is 2.96. The lowest BCUT2D eigenvalue weighted by Crippen LogP contribution is -2.46. The molecule has 2 aliphatic heterocycles. The predicted molar refractivity (Wildman–Crippen MR) is 217 cm³/mol. The molecule has 58 heavy (non-hydrogen) atoms. The van der Waals surface area contributed by atoms with E-state index in [0.29, 0.717) is 78.6 Å². The molecule has 3 aromatic rings. The zero-order valence-electron chi connectivity index (χ0n) is 34.1. The van der Waals surface area contributed by atoms with Gasteiger partial charge in [0.2, 0.25) is 11.8 Å². The molecule has 3 amide bonds. The van der Waals surface area contributed by atoms with E-state index in [-0.39, 0.29) is 44.1 Å². The van der Waals surface area contributed by atoms with Gasteiger partial charge in [-0.05, 0) is 125 Å². The Morgan fingerprint density at radius 2 is 1.60 bits per heavy atom. The normalized spacial score (nSPS) is 17.2. The molecule has 2 aliphatic rings. The maximum absolute atomic E-state index is 15.2. The number of hydrogen-bond donors (Lipinski definition) is 1. The minimum absolute atomic E-state index is 0.00717. The molecular weight excluding hydrogens is 766 g/mol. The molecule has 0 aromatic heterocycles. The van der Waals surface area contributed by atoms with Gasteiger partial charge in [0.1, 0.15) is 23.8 Å². The van der Waals surface area contributed by atoms with Crippen LogP contribution >= 0.6 is 0 Å². The summed E-state index contributed by atoms with van der Waals surface area (Å²) in [6.07, 6.45) is 3.39. The summed E-state index contributed by atoms with van der Waals surface area (Å²) in [6.45, 7) is 9.77. The van der Waals surface area contributed by atoms with Gasteiger partial charge < -0.3 is 29.3 Å². The third kappa shape index (κ3) is 13.4. The Hall–Kier alpha value is -4.82. The summed E-state index contributed by atoms with van der Waals surface area (Å²) >= 11 is -1.60. The third-order valence-electron chi connectivity index (χ3n) is 10.4. The smallest absolute Gasteiger partial charge is 0.410 e. The fourth-order valence-corrected chi connectivity index (χ4v) is 7.85. The molecule has 1 N–H and O–H groups in total. The monoisotopic (exact) mass is 821 g/mol. The summed E-state index contributed by atoms with van der Waals surface area (Å²) in [5.74, 6) is -1.07. The van der Waals surface area contributed by atoms with E-state index in [9.17, 15) is 23.4 Å². The summed E-state index contributed by atoms with van der Waals surface area (Å²) in [4.78, 5) is 56.1. The van der Waals surface area contributed by atoms with Gasteiger partial charge in [-0.1, -0.05) is 29.8 Å². The van der Waals surface area contributed by atoms with Gasteiger partial charge in [0.25, 0.3) is 0 Å². The second-order valence-corrected chi connectivity index (χ2v) is 17.2. The average molecular weight is 822 g/mol. The van der Waals surface area contributed by atoms with Crippen molar-refractivity contribution >= 4 is 35.0 Å². The quantitative estimate of drug-likeness (QED) is 0.124. The summed E-state index contributed by atoms with van der Waals surface area (Å²) in [6, 6.07) is 17.8. The second-order valence-electron chi connectivity index (χ2n) is 16.0. The highest BCUT2D eigenvalue weighted by Gasteiger charge is 2.32. The van der Waals surface area contributed by atoms with E-state index >= 15 is 4.39 Å². The number of nitrogens with one attached hydrogen (secondary N) is 1. The van der Waals surface area contributed by atoms with E-state index in [2.05, 4.69) is 5.32 Å². The molecule has 12 nitrogen and oxygen atoms in total. The topological polar surface area (TPSA) is 141 Å². The Labute approximate surface area is 343 Å². The minimum atomic E-state index is -1.60. The Bertz CT molecular complexity index is 1890. The van der Waals surface area contributed by atoms with Gasteiger partial charge in [-0.2, -0.15) is 0 Å². The largest absolute Gasteiger partial charge is 0.491 e. The van der Waals surface area contributed by atoms with Crippen molar-refractivity contribution in [1.82, 2.24) is 15.1 Å². The number of rotatable bonds is 15. The number of ether oxygens (including phenoxy) is 3. The number of carbonyl (C=O) groups is 4. The first-order valence-corrected chi connectivity index (χ1v) is 21.0. The number of carbonyl (C=O) groups excluding carboxylic acids is 4. The second kappa shape index (κ2) is 20.7. The van der Waals surface area contributed by atoms with E-state index in [0.717, 1.165) is 18.4 Å². The first-order chi connectivity index (χ1) is 27.7. The SMILES string of the molecule is COC(=O)CC(NC(=O)C1CCCN(C(=O)CCC2CCN(C(=O)OC(C)(C)C)CC2)C1)c1cc(F)cc(-c2ccc(OCCOS(=O)c3ccc(C)cc3)cc2)c1. The van der Waals surface area contributed by atoms with Crippen molar-refractivity contribution < 1.29 is 46.2 Å². The predicted octanol–water partition coefficient (Wildman–Crippen LogP) is 7.31. The van der Waals surface area contributed by atoms with Gasteiger partial charge in [-0.15, -0.1) is 0 Å². The van der Waals surface area contributed by atoms with Crippen molar-refractivity contribution in [3.63, 3.8) is 0 Å². The molecule has 0 radical (unpaired) electrons. The van der Waals surface area contributed by atoms with Gasteiger partial charge in [-0.3, -0.25) is 18.6 Å². The fraction of sp³-hybridized carbons (Fsp3) is 0.500. The zero-order chi connectivity index (χ0) is 41.8. The lowest BCUT2D eigenvalue weighted by molar-refractivity contribution is -0.141. The molecule has 0 bridgehead atoms. The molecule has 0 spiro atoms. The molecule has 314 valence electrons. The van der Waals surface area contributed by atoms with Gasteiger partial charge >= 0.3 is 12.1 Å². The summed E-state index contributed by atoms with van der Waals surface area (Å²) < 4.78 is 49.1. The van der Waals surface area contributed by atoms with Crippen LogP contribution in [0.3, 0.4) is 0 Å². The Balaban J connectivity index is 1.14. The van der Waals surface area contributed by atoms with Crippen LogP contribution in [0.4, 0.5) is 9.18 Å². The van der Waals surface area contributed by atoms with Crippen LogP contribution in [0, 0.1) is 24.6 Å². The summed E-state index contributed by atoms with van der Waals surface area (Å²) in [5.41, 5.74) is 2.13. The van der Waals surface area contributed by atoms with Gasteiger partial charge in [0.15, 0.2) is 11.1 Å². The molecule has 3 aromatic carbocycles. The lowest BCUT2D eigenvalue weighted by atomic mass is 9.91. The molecule has 0 aliphatic carbocycles. The third-order valence-corrected chi connectivity index (χ3v) is 11.4. The average Bonchev–Trinajstić information content (AvgIpc) is 3.21. The highest BCUT2D eigenvalue weighted by atomic mass is 32.2. The highest BCUT2D eigenvalue weighted by molar-refractivity contribution is 7.80. The lowest BCUT2D eigenvalue weighted by Gasteiger charge is -2.35. The zero-order valence-corrected chi connectivity index (χ0v) is 34.9. The van der Waals surface area contributed by atoms with Crippen LogP contribution in [-0.2, 0) is 39.1 Å². The number of esters is 1. The van der Waals surface area contributed by atoms with E-state index in [1.54, 1.807) is 52.3 Å². The van der Waals surface area contributed by atoms with Crippen LogP contribution < -0.4 is 10.1 Å². The maximum atomic E-state index is 15.2. The first kappa shape index (κ1) is 44.3. The molecule has 2 heterocycles. The van der Waals surface area contributed by atoms with E-state index in [1.807, 2.05) is 39.8 Å². The number of likely N-dealkylation sites (tertiary alicyclic amines) is 2.